The second-order valence-electron chi connectivity index (χ2n) is 12.3. The number of imide groups is 1. The molecule has 0 unspecified atom stereocenters. The average molecular weight is 654 g/mol. The topological polar surface area (TPSA) is 215 Å². The summed E-state index contributed by atoms with van der Waals surface area (Å²) in [6, 6.07) is 15.0. The van der Waals surface area contributed by atoms with Gasteiger partial charge in [-0.25, -0.2) is 4.79 Å². The third-order valence-corrected chi connectivity index (χ3v) is 7.43. The minimum absolute atomic E-state index is 0.0323. The van der Waals surface area contributed by atoms with Gasteiger partial charge in [0.05, 0.1) is 12.1 Å². The van der Waals surface area contributed by atoms with Gasteiger partial charge in [-0.3, -0.25) is 24.3 Å². The molecule has 0 saturated carbocycles. The molecule has 0 saturated heterocycles. The summed E-state index contributed by atoms with van der Waals surface area (Å²) < 4.78 is 5.37. The highest BCUT2D eigenvalue weighted by Gasteiger charge is 2.39. The maximum absolute atomic E-state index is 14.3. The van der Waals surface area contributed by atoms with E-state index in [1.807, 2.05) is 50.2 Å². The summed E-state index contributed by atoms with van der Waals surface area (Å²) in [5.74, 6) is -2.42. The number of alkyl carbamates (subject to hydrolysis) is 1. The van der Waals surface area contributed by atoms with E-state index in [1.54, 1.807) is 38.1 Å². The third-order valence-electron chi connectivity index (χ3n) is 7.43. The van der Waals surface area contributed by atoms with Crippen molar-refractivity contribution in [3.8, 4) is 0 Å². The van der Waals surface area contributed by atoms with Gasteiger partial charge < -0.3 is 37.7 Å². The Labute approximate surface area is 277 Å². The number of carbonyl (C=O) groups excluding carboxylic acids is 4. The molecule has 13 nitrogen and oxygen atoms in total. The minimum Gasteiger partial charge on any atom is -0.445 e. The van der Waals surface area contributed by atoms with Crippen LogP contribution in [0.15, 0.2) is 65.7 Å². The molecule has 0 fully saturated rings. The first-order valence-electron chi connectivity index (χ1n) is 15.9. The maximum Gasteiger partial charge on any atom is 0.408 e. The van der Waals surface area contributed by atoms with E-state index >= 15 is 0 Å². The first kappa shape index (κ1) is 38.7. The monoisotopic (exact) mass is 653 g/mol. The van der Waals surface area contributed by atoms with Crippen LogP contribution in [0.5, 0.6) is 0 Å². The molecule has 47 heavy (non-hydrogen) atoms. The highest BCUT2D eigenvalue weighted by molar-refractivity contribution is 6.01. The lowest BCUT2D eigenvalue weighted by atomic mass is 9.96. The van der Waals surface area contributed by atoms with E-state index in [0.717, 1.165) is 16.0 Å². The zero-order valence-corrected chi connectivity index (χ0v) is 27.8. The van der Waals surface area contributed by atoms with Gasteiger partial charge in [0, 0.05) is 19.5 Å². The van der Waals surface area contributed by atoms with Crippen LogP contribution in [0.25, 0.3) is 0 Å². The number of rotatable bonds is 18. The van der Waals surface area contributed by atoms with Crippen molar-refractivity contribution in [2.45, 2.75) is 84.2 Å². The van der Waals surface area contributed by atoms with Crippen molar-refractivity contribution < 1.29 is 29.0 Å². The summed E-state index contributed by atoms with van der Waals surface area (Å²) in [6.45, 7) is 7.41. The van der Waals surface area contributed by atoms with Crippen LogP contribution in [0, 0.1) is 11.8 Å². The SMILES string of the molecule is CC(C)C[C@H](N)C(=O)N(C(=O)[C@H](CCCN=C(N)N)NC(=O)OCc1ccccc1)[C@H](CNC(=O)[C@H](O)Cc1ccccc1)C(C)C. The van der Waals surface area contributed by atoms with E-state index in [1.165, 1.54) is 0 Å². The predicted octanol–water partition coefficient (Wildman–Crippen LogP) is 1.81. The molecule has 0 bridgehead atoms. The van der Waals surface area contributed by atoms with Crippen molar-refractivity contribution in [1.82, 2.24) is 15.5 Å². The Morgan fingerprint density at radius 3 is 2.06 bits per heavy atom. The smallest absolute Gasteiger partial charge is 0.408 e. The van der Waals surface area contributed by atoms with Crippen LogP contribution in [0.2, 0.25) is 0 Å². The summed E-state index contributed by atoms with van der Waals surface area (Å²) in [7, 11) is 0. The van der Waals surface area contributed by atoms with Gasteiger partial charge in [0.1, 0.15) is 18.8 Å². The minimum atomic E-state index is -1.35. The molecule has 2 aromatic rings. The highest BCUT2D eigenvalue weighted by Crippen LogP contribution is 2.18. The van der Waals surface area contributed by atoms with Gasteiger partial charge in [-0.05, 0) is 42.2 Å². The number of nitrogens with zero attached hydrogens (tertiary/aromatic N) is 2. The van der Waals surface area contributed by atoms with Gasteiger partial charge in [0.25, 0.3) is 5.91 Å². The second kappa shape index (κ2) is 19.9. The Morgan fingerprint density at radius 1 is 0.915 bits per heavy atom. The number of amides is 4. The summed E-state index contributed by atoms with van der Waals surface area (Å²) >= 11 is 0. The van der Waals surface area contributed by atoms with Crippen molar-refractivity contribution in [3.05, 3.63) is 71.8 Å². The zero-order chi connectivity index (χ0) is 34.9. The van der Waals surface area contributed by atoms with E-state index in [2.05, 4.69) is 15.6 Å². The fourth-order valence-electron chi connectivity index (χ4n) is 4.94. The fourth-order valence-corrected chi connectivity index (χ4v) is 4.94. The molecule has 4 atom stereocenters. The third kappa shape index (κ3) is 13.8. The molecule has 258 valence electrons. The molecule has 9 N–H and O–H groups in total. The van der Waals surface area contributed by atoms with Crippen LogP contribution < -0.4 is 27.8 Å². The number of ether oxygens (including phenoxy) is 1. The van der Waals surface area contributed by atoms with Gasteiger partial charge >= 0.3 is 6.09 Å². The lowest BCUT2D eigenvalue weighted by Crippen LogP contribution is -2.61. The number of benzene rings is 2. The van der Waals surface area contributed by atoms with E-state index in [4.69, 9.17) is 21.9 Å². The van der Waals surface area contributed by atoms with Crippen molar-refractivity contribution in [2.75, 3.05) is 13.1 Å². The summed E-state index contributed by atoms with van der Waals surface area (Å²) in [5.41, 5.74) is 18.8. The van der Waals surface area contributed by atoms with Crippen molar-refractivity contribution in [3.63, 3.8) is 0 Å². The lowest BCUT2D eigenvalue weighted by Gasteiger charge is -2.37. The number of aliphatic hydroxyl groups is 1. The first-order chi connectivity index (χ1) is 22.3. The van der Waals surface area contributed by atoms with Gasteiger partial charge in [-0.15, -0.1) is 0 Å². The molecule has 0 aliphatic heterocycles. The molecule has 0 aliphatic carbocycles. The number of nitrogens with two attached hydrogens (primary N) is 3. The standard InChI is InChI=1S/C34H51N7O6/c1-22(2)18-26(35)31(44)41(28(23(3)4)20-39-30(43)29(42)19-24-12-7-5-8-13-24)32(45)27(16-11-17-38-33(36)37)40-34(46)47-21-25-14-9-6-10-15-25/h5-10,12-15,22-23,26-29,42H,11,16-21,35H2,1-4H3,(H,39,43)(H,40,46)(H4,36,37,38)/t26-,27-,28+,29+/m0/s1. The fraction of sp³-hybridized carbons (Fsp3) is 0.500. The van der Waals surface area contributed by atoms with Crippen LogP contribution in [0.1, 0.15) is 58.1 Å². The van der Waals surface area contributed by atoms with Crippen LogP contribution in [-0.2, 0) is 32.1 Å². The molecule has 2 aromatic carbocycles. The molecular formula is C34H51N7O6. The molecule has 2 rings (SSSR count). The van der Waals surface area contributed by atoms with Gasteiger partial charge in [-0.1, -0.05) is 88.4 Å². The molecule has 0 heterocycles. The Bertz CT molecular complexity index is 1300. The molecule has 0 spiro atoms. The lowest BCUT2D eigenvalue weighted by molar-refractivity contribution is -0.152. The molecule has 13 heteroatoms. The number of nitrogens with one attached hydrogen (secondary N) is 2. The van der Waals surface area contributed by atoms with Crippen LogP contribution >= 0.6 is 0 Å². The number of aliphatic hydroxyl groups excluding tert-OH is 1. The highest BCUT2D eigenvalue weighted by atomic mass is 16.5. The number of hydrogen-bond acceptors (Lipinski definition) is 8. The summed E-state index contributed by atoms with van der Waals surface area (Å²) in [6.07, 6.45) is -1.44. The Morgan fingerprint density at radius 2 is 1.51 bits per heavy atom. The van der Waals surface area contributed by atoms with Crippen molar-refractivity contribution in [1.29, 1.82) is 0 Å². The van der Waals surface area contributed by atoms with Crippen LogP contribution in [0.4, 0.5) is 4.79 Å². The van der Waals surface area contributed by atoms with Gasteiger partial charge in [-0.2, -0.15) is 0 Å². The molecule has 0 aromatic heterocycles. The Kier molecular flexibility index (Phi) is 16.4. The molecule has 0 radical (unpaired) electrons. The van der Waals surface area contributed by atoms with Gasteiger partial charge in [0.2, 0.25) is 11.8 Å². The maximum atomic E-state index is 14.3. The second-order valence-corrected chi connectivity index (χ2v) is 12.3. The van der Waals surface area contributed by atoms with Crippen molar-refractivity contribution in [2.24, 2.45) is 34.0 Å². The molecule has 4 amide bonds. The average Bonchev–Trinajstić information content (AvgIpc) is 3.03. The van der Waals surface area contributed by atoms with E-state index in [-0.39, 0.29) is 50.3 Å². The number of hydrogen-bond donors (Lipinski definition) is 6. The van der Waals surface area contributed by atoms with E-state index < -0.39 is 48.0 Å². The first-order valence-corrected chi connectivity index (χ1v) is 15.9. The summed E-state index contributed by atoms with van der Waals surface area (Å²) in [5, 5.41) is 15.9. The number of carbonyl (C=O) groups is 4. The normalized spacial score (nSPS) is 13.6. The molecule has 0 aliphatic rings. The molecular weight excluding hydrogens is 602 g/mol. The Hall–Kier alpha value is -4.49. The zero-order valence-electron chi connectivity index (χ0n) is 27.8. The Balaban J connectivity index is 2.34. The van der Waals surface area contributed by atoms with Crippen molar-refractivity contribution >= 4 is 29.8 Å². The number of aliphatic imine (C=N–C) groups is 1. The largest absolute Gasteiger partial charge is 0.445 e. The van der Waals surface area contributed by atoms with E-state index in [9.17, 15) is 24.3 Å². The van der Waals surface area contributed by atoms with Crippen LogP contribution in [0.3, 0.4) is 0 Å². The van der Waals surface area contributed by atoms with E-state index in [0.29, 0.717) is 12.8 Å². The van der Waals surface area contributed by atoms with Crippen LogP contribution in [-0.4, -0.2) is 77.1 Å². The number of guanidine groups is 1. The quantitative estimate of drug-likeness (QED) is 0.0785. The van der Waals surface area contributed by atoms with Gasteiger partial charge in [0.15, 0.2) is 5.96 Å². The summed E-state index contributed by atoms with van der Waals surface area (Å²) in [4.78, 5) is 59.1. The predicted molar refractivity (Wildman–Crippen MR) is 181 cm³/mol.